The number of rotatable bonds is 1. The SMILES string of the molecule is CC(=O)Oc1ccc2c(c1)C(=O)C=C(Br)C2=O. The summed E-state index contributed by atoms with van der Waals surface area (Å²) >= 11 is 3.03. The van der Waals surface area contributed by atoms with E-state index >= 15 is 0 Å². The fourth-order valence-electron chi connectivity index (χ4n) is 1.54. The van der Waals surface area contributed by atoms with Crippen LogP contribution >= 0.6 is 15.9 Å². The summed E-state index contributed by atoms with van der Waals surface area (Å²) in [5, 5.41) is 0. The first-order chi connectivity index (χ1) is 7.99. The minimum atomic E-state index is -0.476. The van der Waals surface area contributed by atoms with Gasteiger partial charge in [0.2, 0.25) is 5.78 Å². The van der Waals surface area contributed by atoms with Gasteiger partial charge in [-0.1, -0.05) is 0 Å². The fraction of sp³-hybridized carbons (Fsp3) is 0.0833. The van der Waals surface area contributed by atoms with Crippen LogP contribution in [0.4, 0.5) is 0 Å². The van der Waals surface area contributed by atoms with Crippen LogP contribution in [0.2, 0.25) is 0 Å². The van der Waals surface area contributed by atoms with E-state index in [4.69, 9.17) is 4.74 Å². The molecule has 0 saturated carbocycles. The van der Waals surface area contributed by atoms with Crippen molar-refractivity contribution in [1.82, 2.24) is 0 Å². The summed E-state index contributed by atoms with van der Waals surface area (Å²) in [5.74, 6) is -0.769. The highest BCUT2D eigenvalue weighted by atomic mass is 79.9. The van der Waals surface area contributed by atoms with Crippen molar-refractivity contribution >= 4 is 33.5 Å². The molecule has 4 nitrogen and oxygen atoms in total. The van der Waals surface area contributed by atoms with Crippen LogP contribution in [0.3, 0.4) is 0 Å². The lowest BCUT2D eigenvalue weighted by Gasteiger charge is -2.12. The van der Waals surface area contributed by atoms with Gasteiger partial charge in [-0.2, -0.15) is 0 Å². The molecule has 86 valence electrons. The number of esters is 1. The van der Waals surface area contributed by atoms with Crippen LogP contribution in [0.5, 0.6) is 5.75 Å². The van der Waals surface area contributed by atoms with Gasteiger partial charge < -0.3 is 4.74 Å². The van der Waals surface area contributed by atoms with Gasteiger partial charge in [-0.15, -0.1) is 0 Å². The second kappa shape index (κ2) is 4.25. The molecule has 0 heterocycles. The molecule has 0 aromatic heterocycles. The van der Waals surface area contributed by atoms with Crippen molar-refractivity contribution in [3.05, 3.63) is 39.9 Å². The first-order valence-electron chi connectivity index (χ1n) is 4.77. The van der Waals surface area contributed by atoms with Crippen molar-refractivity contribution in [2.45, 2.75) is 6.92 Å². The lowest BCUT2D eigenvalue weighted by Crippen LogP contribution is -2.14. The predicted molar refractivity (Wildman–Crippen MR) is 63.4 cm³/mol. The van der Waals surface area contributed by atoms with E-state index in [2.05, 4.69) is 15.9 Å². The van der Waals surface area contributed by atoms with Gasteiger partial charge in [-0.05, 0) is 34.1 Å². The molecule has 0 unspecified atom stereocenters. The molecule has 5 heteroatoms. The zero-order chi connectivity index (χ0) is 12.6. The van der Waals surface area contributed by atoms with Gasteiger partial charge in [0, 0.05) is 24.1 Å². The number of benzene rings is 1. The fourth-order valence-corrected chi connectivity index (χ4v) is 1.96. The van der Waals surface area contributed by atoms with Crippen LogP contribution in [0.25, 0.3) is 0 Å². The number of ketones is 2. The van der Waals surface area contributed by atoms with E-state index in [1.807, 2.05) is 0 Å². The first kappa shape index (κ1) is 11.7. The molecule has 0 bridgehead atoms. The predicted octanol–water partition coefficient (Wildman–Crippen LogP) is 2.27. The monoisotopic (exact) mass is 294 g/mol. The molecule has 1 aromatic carbocycles. The van der Waals surface area contributed by atoms with Gasteiger partial charge >= 0.3 is 5.97 Å². The van der Waals surface area contributed by atoms with Crippen LogP contribution < -0.4 is 4.74 Å². The van der Waals surface area contributed by atoms with Crippen molar-refractivity contribution in [2.75, 3.05) is 0 Å². The lowest BCUT2D eigenvalue weighted by atomic mass is 9.95. The van der Waals surface area contributed by atoms with E-state index in [-0.39, 0.29) is 27.4 Å². The van der Waals surface area contributed by atoms with Crippen molar-refractivity contribution in [3.8, 4) is 5.75 Å². The molecular formula is C12H7BrO4. The van der Waals surface area contributed by atoms with Crippen LogP contribution in [-0.4, -0.2) is 17.5 Å². The van der Waals surface area contributed by atoms with Gasteiger partial charge in [0.15, 0.2) is 5.78 Å². The van der Waals surface area contributed by atoms with Gasteiger partial charge in [0.25, 0.3) is 0 Å². The van der Waals surface area contributed by atoms with Gasteiger partial charge in [0.05, 0.1) is 4.48 Å². The maximum absolute atomic E-state index is 11.7. The number of ether oxygens (including phenoxy) is 1. The Morgan fingerprint density at radius 1 is 1.24 bits per heavy atom. The summed E-state index contributed by atoms with van der Waals surface area (Å²) in [5.41, 5.74) is 0.553. The number of carbonyl (C=O) groups is 3. The Kier molecular flexibility index (Phi) is 2.93. The van der Waals surface area contributed by atoms with Crippen molar-refractivity contribution < 1.29 is 19.1 Å². The van der Waals surface area contributed by atoms with E-state index in [0.29, 0.717) is 5.56 Å². The second-order valence-corrected chi connectivity index (χ2v) is 4.34. The second-order valence-electron chi connectivity index (χ2n) is 3.49. The van der Waals surface area contributed by atoms with Crippen molar-refractivity contribution in [2.24, 2.45) is 0 Å². The molecule has 1 aromatic rings. The highest BCUT2D eigenvalue weighted by Crippen LogP contribution is 2.27. The lowest BCUT2D eigenvalue weighted by molar-refractivity contribution is -0.131. The molecule has 0 amide bonds. The average molecular weight is 295 g/mol. The largest absolute Gasteiger partial charge is 0.427 e. The van der Waals surface area contributed by atoms with Crippen molar-refractivity contribution in [1.29, 1.82) is 0 Å². The standard InChI is InChI=1S/C12H7BrO4/c1-6(14)17-7-2-3-8-9(4-7)11(15)5-10(13)12(8)16/h2-5H,1H3. The topological polar surface area (TPSA) is 60.4 Å². The maximum atomic E-state index is 11.7. The molecule has 0 radical (unpaired) electrons. The number of Topliss-reactive ketones (excluding diaryl/α,β-unsaturated/α-hetero) is 1. The number of hydrogen-bond donors (Lipinski definition) is 0. The zero-order valence-corrected chi connectivity index (χ0v) is 10.4. The molecule has 0 saturated heterocycles. The highest BCUT2D eigenvalue weighted by Gasteiger charge is 2.24. The molecule has 0 N–H and O–H groups in total. The van der Waals surface area contributed by atoms with Gasteiger partial charge in [0.1, 0.15) is 5.75 Å². The molecule has 0 aliphatic heterocycles. The zero-order valence-electron chi connectivity index (χ0n) is 8.82. The third-order valence-corrected chi connectivity index (χ3v) is 2.83. The third kappa shape index (κ3) is 2.19. The molecule has 1 aliphatic carbocycles. The Morgan fingerprint density at radius 2 is 1.94 bits per heavy atom. The quantitative estimate of drug-likeness (QED) is 0.589. The molecule has 0 spiro atoms. The summed E-state index contributed by atoms with van der Waals surface area (Å²) in [6.45, 7) is 1.27. The smallest absolute Gasteiger partial charge is 0.308 e. The Balaban J connectivity index is 2.49. The minimum Gasteiger partial charge on any atom is -0.427 e. The number of fused-ring (bicyclic) bond motifs is 1. The van der Waals surface area contributed by atoms with Gasteiger partial charge in [-0.3, -0.25) is 14.4 Å². The molecular weight excluding hydrogens is 288 g/mol. The minimum absolute atomic E-state index is 0.232. The third-order valence-electron chi connectivity index (χ3n) is 2.24. The van der Waals surface area contributed by atoms with Crippen LogP contribution in [0.15, 0.2) is 28.8 Å². The van der Waals surface area contributed by atoms with E-state index in [0.717, 1.165) is 0 Å². The first-order valence-corrected chi connectivity index (χ1v) is 5.57. The highest BCUT2D eigenvalue weighted by molar-refractivity contribution is 9.12. The van der Waals surface area contributed by atoms with E-state index < -0.39 is 5.97 Å². The Morgan fingerprint density at radius 3 is 2.59 bits per heavy atom. The van der Waals surface area contributed by atoms with Crippen molar-refractivity contribution in [3.63, 3.8) is 0 Å². The van der Waals surface area contributed by atoms with E-state index in [9.17, 15) is 14.4 Å². The summed E-state index contributed by atoms with van der Waals surface area (Å²) in [7, 11) is 0. The summed E-state index contributed by atoms with van der Waals surface area (Å²) in [4.78, 5) is 34.2. The van der Waals surface area contributed by atoms with E-state index in [1.54, 1.807) is 0 Å². The van der Waals surface area contributed by atoms with Crippen LogP contribution in [0.1, 0.15) is 27.6 Å². The molecule has 2 rings (SSSR count). The molecule has 17 heavy (non-hydrogen) atoms. The van der Waals surface area contributed by atoms with Crippen LogP contribution in [0, 0.1) is 0 Å². The Hall–Kier alpha value is -1.75. The molecule has 1 aliphatic rings. The molecule has 0 atom stereocenters. The molecule has 0 fully saturated rings. The average Bonchev–Trinajstić information content (AvgIpc) is 2.25. The number of halogens is 1. The van der Waals surface area contributed by atoms with Crippen LogP contribution in [-0.2, 0) is 4.79 Å². The summed E-state index contributed by atoms with van der Waals surface area (Å²) < 4.78 is 5.09. The van der Waals surface area contributed by atoms with Gasteiger partial charge in [-0.25, -0.2) is 0 Å². The number of hydrogen-bond acceptors (Lipinski definition) is 4. The summed E-state index contributed by atoms with van der Waals surface area (Å²) in [6.07, 6.45) is 1.21. The van der Waals surface area contributed by atoms with E-state index in [1.165, 1.54) is 31.2 Å². The summed E-state index contributed by atoms with van der Waals surface area (Å²) in [6, 6.07) is 4.35. The normalized spacial score (nSPS) is 14.1. The Bertz CT molecular complexity index is 572. The number of carbonyl (C=O) groups excluding carboxylic acids is 3. The maximum Gasteiger partial charge on any atom is 0.308 e. The number of allylic oxidation sites excluding steroid dienone is 2. The Labute approximate surface area is 105 Å².